The molecule has 1 heterocycles. The van der Waals surface area contributed by atoms with E-state index in [2.05, 4.69) is 0 Å². The Morgan fingerprint density at radius 1 is 1.00 bits per heavy atom. The summed E-state index contributed by atoms with van der Waals surface area (Å²) in [5.74, 6) is -1.28. The predicted octanol–water partition coefficient (Wildman–Crippen LogP) is 2.16. The number of rotatable bonds is 2. The van der Waals surface area contributed by atoms with E-state index in [1.807, 2.05) is 6.07 Å². The fourth-order valence-electron chi connectivity index (χ4n) is 2.59. The van der Waals surface area contributed by atoms with Gasteiger partial charge in [-0.15, -0.1) is 0 Å². The van der Waals surface area contributed by atoms with Gasteiger partial charge < -0.3 is 5.11 Å². The van der Waals surface area contributed by atoms with Crippen molar-refractivity contribution < 1.29 is 18.3 Å². The van der Waals surface area contributed by atoms with E-state index in [0.717, 1.165) is 4.31 Å². The van der Waals surface area contributed by atoms with Gasteiger partial charge in [0.25, 0.3) is 10.0 Å². The lowest BCUT2D eigenvalue weighted by atomic mass is 9.95. The third-order valence-electron chi connectivity index (χ3n) is 3.61. The molecule has 1 aliphatic heterocycles. The zero-order valence-electron chi connectivity index (χ0n) is 11.7. The third-order valence-corrected chi connectivity index (χ3v) is 5.43. The summed E-state index contributed by atoms with van der Waals surface area (Å²) in [5.41, 5.74) is 1.23. The number of carbonyl (C=O) groups is 1. The standard InChI is InChI=1S/C16H13NO4S/c1-17-15(16(18)19)14(11-7-3-2-4-8-11)12-9-5-6-10-13(12)22(17,20)21/h2-10H,1H3,(H,18,19). The number of aliphatic carboxylic acids is 1. The van der Waals surface area contributed by atoms with E-state index in [0.29, 0.717) is 16.7 Å². The Labute approximate surface area is 128 Å². The molecular formula is C16H13NO4S. The summed E-state index contributed by atoms with van der Waals surface area (Å²) in [6, 6.07) is 15.4. The molecular weight excluding hydrogens is 302 g/mol. The maximum atomic E-state index is 12.5. The van der Waals surface area contributed by atoms with Crippen LogP contribution in [-0.2, 0) is 14.8 Å². The summed E-state index contributed by atoms with van der Waals surface area (Å²) in [7, 11) is -2.60. The molecule has 3 rings (SSSR count). The van der Waals surface area contributed by atoms with Crippen LogP contribution in [0.5, 0.6) is 0 Å². The first-order chi connectivity index (χ1) is 10.4. The number of fused-ring (bicyclic) bond motifs is 1. The molecule has 0 spiro atoms. The van der Waals surface area contributed by atoms with E-state index >= 15 is 0 Å². The first kappa shape index (κ1) is 14.3. The highest BCUT2D eigenvalue weighted by molar-refractivity contribution is 7.89. The Hall–Kier alpha value is -2.60. The van der Waals surface area contributed by atoms with Crippen LogP contribution in [0.15, 0.2) is 65.2 Å². The van der Waals surface area contributed by atoms with Gasteiger partial charge in [-0.05, 0) is 11.6 Å². The van der Waals surface area contributed by atoms with Crippen LogP contribution in [0.1, 0.15) is 11.1 Å². The number of sulfonamides is 1. The molecule has 0 bridgehead atoms. The number of benzene rings is 2. The average molecular weight is 315 g/mol. The molecule has 0 atom stereocenters. The number of carboxylic acid groups (broad SMARTS) is 1. The van der Waals surface area contributed by atoms with Gasteiger partial charge in [-0.3, -0.25) is 4.31 Å². The maximum Gasteiger partial charge on any atom is 0.353 e. The summed E-state index contributed by atoms with van der Waals surface area (Å²) in [4.78, 5) is 11.8. The lowest BCUT2D eigenvalue weighted by molar-refractivity contribution is -0.133. The highest BCUT2D eigenvalue weighted by Crippen LogP contribution is 2.39. The van der Waals surface area contributed by atoms with E-state index in [1.54, 1.807) is 42.5 Å². The number of nitrogens with zero attached hydrogens (tertiary/aromatic N) is 1. The smallest absolute Gasteiger partial charge is 0.353 e. The average Bonchev–Trinajstić information content (AvgIpc) is 2.51. The third kappa shape index (κ3) is 2.00. The number of hydrogen-bond acceptors (Lipinski definition) is 3. The van der Waals surface area contributed by atoms with Crippen LogP contribution in [0, 0.1) is 0 Å². The maximum absolute atomic E-state index is 12.5. The lowest BCUT2D eigenvalue weighted by Gasteiger charge is -2.29. The van der Waals surface area contributed by atoms with Crippen LogP contribution < -0.4 is 0 Å². The van der Waals surface area contributed by atoms with Gasteiger partial charge in [0.15, 0.2) is 0 Å². The van der Waals surface area contributed by atoms with E-state index in [-0.39, 0.29) is 10.6 Å². The molecule has 0 amide bonds. The van der Waals surface area contributed by atoms with Crippen molar-refractivity contribution in [3.05, 3.63) is 71.4 Å². The molecule has 112 valence electrons. The molecule has 0 saturated carbocycles. The Balaban J connectivity index is 2.45. The molecule has 22 heavy (non-hydrogen) atoms. The van der Waals surface area contributed by atoms with Crippen LogP contribution in [0.3, 0.4) is 0 Å². The van der Waals surface area contributed by atoms with E-state index < -0.39 is 16.0 Å². The topological polar surface area (TPSA) is 74.7 Å². The summed E-state index contributed by atoms with van der Waals surface area (Å²) < 4.78 is 25.9. The zero-order valence-corrected chi connectivity index (χ0v) is 12.5. The molecule has 1 N–H and O–H groups in total. The van der Waals surface area contributed by atoms with Crippen LogP contribution in [-0.4, -0.2) is 30.8 Å². The molecule has 5 nitrogen and oxygen atoms in total. The van der Waals surface area contributed by atoms with Crippen LogP contribution in [0.2, 0.25) is 0 Å². The number of hydrogen-bond donors (Lipinski definition) is 1. The monoisotopic (exact) mass is 315 g/mol. The molecule has 6 heteroatoms. The quantitative estimate of drug-likeness (QED) is 0.921. The Kier molecular flexibility index (Phi) is 3.26. The Bertz CT molecular complexity index is 885. The normalized spacial score (nSPS) is 16.3. The summed E-state index contributed by atoms with van der Waals surface area (Å²) in [6.45, 7) is 0. The fourth-order valence-corrected chi connectivity index (χ4v) is 3.99. The van der Waals surface area contributed by atoms with Crippen LogP contribution in [0.4, 0.5) is 0 Å². The molecule has 0 unspecified atom stereocenters. The first-order valence-corrected chi connectivity index (χ1v) is 8.00. The lowest BCUT2D eigenvalue weighted by Crippen LogP contribution is -2.35. The van der Waals surface area contributed by atoms with Crippen molar-refractivity contribution in [1.82, 2.24) is 4.31 Å². The van der Waals surface area contributed by atoms with Crippen molar-refractivity contribution in [3.63, 3.8) is 0 Å². The van der Waals surface area contributed by atoms with E-state index in [1.165, 1.54) is 13.1 Å². The molecule has 0 saturated heterocycles. The van der Waals surface area contributed by atoms with E-state index in [9.17, 15) is 18.3 Å². The number of likely N-dealkylation sites (N-methyl/N-ethyl adjacent to an activating group) is 1. The predicted molar refractivity (Wildman–Crippen MR) is 81.5 cm³/mol. The van der Waals surface area contributed by atoms with Gasteiger partial charge in [-0.2, -0.15) is 0 Å². The van der Waals surface area contributed by atoms with Gasteiger partial charge in [-0.1, -0.05) is 48.5 Å². The highest BCUT2D eigenvalue weighted by atomic mass is 32.2. The van der Waals surface area contributed by atoms with Crippen molar-refractivity contribution in [3.8, 4) is 0 Å². The SMILES string of the molecule is CN1C(C(=O)O)=C(c2ccccc2)c2ccccc2S1(=O)=O. The molecule has 1 aliphatic rings. The van der Waals surface area contributed by atoms with Crippen LogP contribution >= 0.6 is 0 Å². The molecule has 0 fully saturated rings. The second-order valence-electron chi connectivity index (χ2n) is 4.86. The fraction of sp³-hybridized carbons (Fsp3) is 0.0625. The number of carboxylic acids is 1. The van der Waals surface area contributed by atoms with Gasteiger partial charge in [-0.25, -0.2) is 13.2 Å². The molecule has 0 aliphatic carbocycles. The van der Waals surface area contributed by atoms with Gasteiger partial charge >= 0.3 is 5.97 Å². The van der Waals surface area contributed by atoms with E-state index in [4.69, 9.17) is 0 Å². The van der Waals surface area contributed by atoms with Crippen LogP contribution in [0.25, 0.3) is 5.57 Å². The van der Waals surface area contributed by atoms with Crippen molar-refractivity contribution in [2.24, 2.45) is 0 Å². The van der Waals surface area contributed by atoms with Gasteiger partial charge in [0.2, 0.25) is 0 Å². The van der Waals surface area contributed by atoms with Gasteiger partial charge in [0.1, 0.15) is 5.70 Å². The second-order valence-corrected chi connectivity index (χ2v) is 6.80. The minimum Gasteiger partial charge on any atom is -0.477 e. The Morgan fingerprint density at radius 3 is 2.23 bits per heavy atom. The molecule has 2 aromatic rings. The summed E-state index contributed by atoms with van der Waals surface area (Å²) in [5, 5.41) is 9.53. The summed E-state index contributed by atoms with van der Waals surface area (Å²) >= 11 is 0. The minimum absolute atomic E-state index is 0.112. The highest BCUT2D eigenvalue weighted by Gasteiger charge is 2.37. The van der Waals surface area contributed by atoms with Gasteiger partial charge in [0.05, 0.1) is 4.90 Å². The second kappa shape index (κ2) is 4.99. The molecule has 0 aromatic heterocycles. The van der Waals surface area contributed by atoms with Crippen molar-refractivity contribution >= 4 is 21.6 Å². The van der Waals surface area contributed by atoms with Crippen molar-refractivity contribution in [2.45, 2.75) is 4.90 Å². The molecule has 0 radical (unpaired) electrons. The van der Waals surface area contributed by atoms with Crippen molar-refractivity contribution in [2.75, 3.05) is 7.05 Å². The summed E-state index contributed by atoms with van der Waals surface area (Å²) in [6.07, 6.45) is 0. The first-order valence-electron chi connectivity index (χ1n) is 6.56. The minimum atomic E-state index is -3.86. The largest absolute Gasteiger partial charge is 0.477 e. The Morgan fingerprint density at radius 2 is 1.59 bits per heavy atom. The molecule has 2 aromatic carbocycles. The van der Waals surface area contributed by atoms with Gasteiger partial charge in [0, 0.05) is 18.2 Å². The van der Waals surface area contributed by atoms with Crippen molar-refractivity contribution in [1.29, 1.82) is 0 Å². The zero-order chi connectivity index (χ0) is 15.9.